The first-order valence-corrected chi connectivity index (χ1v) is 7.35. The molecule has 9 heteroatoms. The van der Waals surface area contributed by atoms with Gasteiger partial charge in [0.15, 0.2) is 0 Å². The maximum Gasteiger partial charge on any atom is 0.455 e. The number of ketones is 1. The highest BCUT2D eigenvalue weighted by molar-refractivity contribution is 7.17. The van der Waals surface area contributed by atoms with Gasteiger partial charge in [0.25, 0.3) is 11.7 Å². The van der Waals surface area contributed by atoms with Crippen LogP contribution in [0, 0.1) is 0 Å². The quantitative estimate of drug-likeness (QED) is 0.627. The van der Waals surface area contributed by atoms with Gasteiger partial charge in [0, 0.05) is 10.6 Å². The number of halogens is 4. The van der Waals surface area contributed by atoms with E-state index in [9.17, 15) is 18.0 Å². The number of benzene rings is 1. The number of carbonyl (C=O) groups is 1. The Kier molecular flexibility index (Phi) is 3.95. The smallest absolute Gasteiger partial charge is 0.415 e. The first kappa shape index (κ1) is 15.7. The number of aromatic nitrogens is 2. The number of hydrogen-bond acceptors (Lipinski definition) is 5. The van der Waals surface area contributed by atoms with E-state index in [2.05, 4.69) is 10.2 Å². The van der Waals surface area contributed by atoms with Gasteiger partial charge < -0.3 is 4.42 Å². The molecule has 3 rings (SSSR count). The van der Waals surface area contributed by atoms with Crippen molar-refractivity contribution >= 4 is 28.7 Å². The van der Waals surface area contributed by atoms with E-state index in [0.29, 0.717) is 21.9 Å². The zero-order valence-electron chi connectivity index (χ0n) is 11.1. The molecular weight excluding hydrogens is 353 g/mol. The average molecular weight is 359 g/mol. The fourth-order valence-corrected chi connectivity index (χ4v) is 2.76. The molecule has 118 valence electrons. The van der Waals surface area contributed by atoms with Crippen molar-refractivity contribution < 1.29 is 22.4 Å². The second kappa shape index (κ2) is 5.78. The standard InChI is InChI=1S/C14H6ClF3N2O2S/c15-8-3-1-7(2-4-8)12-19-20-13(22-12)10-6-5-9(23-10)11(21)14(16,17)18/h1-6H. The number of Topliss-reactive ketones (excluding diaryl/α,β-unsaturated/α-hetero) is 1. The summed E-state index contributed by atoms with van der Waals surface area (Å²) in [7, 11) is 0. The van der Waals surface area contributed by atoms with Gasteiger partial charge in [-0.3, -0.25) is 4.79 Å². The Hall–Kier alpha value is -2.19. The van der Waals surface area contributed by atoms with Crippen molar-refractivity contribution in [3.8, 4) is 22.2 Å². The first-order chi connectivity index (χ1) is 10.8. The molecule has 0 aliphatic heterocycles. The molecule has 0 unspecified atom stereocenters. The molecule has 3 aromatic rings. The Labute approximate surface area is 136 Å². The van der Waals surface area contributed by atoms with Crippen LogP contribution < -0.4 is 0 Å². The zero-order chi connectivity index (χ0) is 16.6. The number of alkyl halides is 3. The van der Waals surface area contributed by atoms with Gasteiger partial charge in [0.1, 0.15) is 0 Å². The summed E-state index contributed by atoms with van der Waals surface area (Å²) < 4.78 is 42.6. The van der Waals surface area contributed by atoms with E-state index in [-0.39, 0.29) is 16.7 Å². The number of nitrogens with zero attached hydrogens (tertiary/aromatic N) is 2. The minimum absolute atomic E-state index is 0.0428. The van der Waals surface area contributed by atoms with Gasteiger partial charge in [0.2, 0.25) is 5.89 Å². The van der Waals surface area contributed by atoms with Crippen LogP contribution in [-0.2, 0) is 0 Å². The summed E-state index contributed by atoms with van der Waals surface area (Å²) in [5.74, 6) is -1.65. The second-order valence-electron chi connectivity index (χ2n) is 4.41. The summed E-state index contributed by atoms with van der Waals surface area (Å²) in [6, 6.07) is 9.06. The minimum atomic E-state index is -4.91. The van der Waals surface area contributed by atoms with Crippen LogP contribution in [0.5, 0.6) is 0 Å². The molecule has 0 saturated heterocycles. The van der Waals surface area contributed by atoms with Gasteiger partial charge in [-0.25, -0.2) is 0 Å². The Balaban J connectivity index is 1.88. The summed E-state index contributed by atoms with van der Waals surface area (Å²) in [4.78, 5) is 11.0. The van der Waals surface area contributed by atoms with Gasteiger partial charge in [-0.2, -0.15) is 13.2 Å². The summed E-state index contributed by atoms with van der Waals surface area (Å²) >= 11 is 6.43. The van der Waals surface area contributed by atoms with Gasteiger partial charge in [-0.05, 0) is 36.4 Å². The van der Waals surface area contributed by atoms with Crippen LogP contribution in [0.25, 0.3) is 22.2 Å². The predicted octanol–water partition coefficient (Wildman–Crippen LogP) is 4.86. The topological polar surface area (TPSA) is 56.0 Å². The maximum atomic E-state index is 12.4. The molecule has 0 aliphatic carbocycles. The Morgan fingerprint density at radius 1 is 1.04 bits per heavy atom. The highest BCUT2D eigenvalue weighted by Crippen LogP contribution is 2.32. The van der Waals surface area contributed by atoms with E-state index >= 15 is 0 Å². The van der Waals surface area contributed by atoms with Gasteiger partial charge in [-0.15, -0.1) is 21.5 Å². The predicted molar refractivity (Wildman–Crippen MR) is 78.4 cm³/mol. The fourth-order valence-electron chi connectivity index (χ4n) is 1.75. The summed E-state index contributed by atoms with van der Waals surface area (Å²) in [6.07, 6.45) is -4.91. The highest BCUT2D eigenvalue weighted by Gasteiger charge is 2.40. The van der Waals surface area contributed by atoms with E-state index in [1.165, 1.54) is 6.07 Å². The summed E-state index contributed by atoms with van der Waals surface area (Å²) in [5.41, 5.74) is 0.622. The molecule has 23 heavy (non-hydrogen) atoms. The minimum Gasteiger partial charge on any atom is -0.415 e. The Morgan fingerprint density at radius 3 is 2.35 bits per heavy atom. The summed E-state index contributed by atoms with van der Waals surface area (Å²) in [5, 5.41) is 8.17. The van der Waals surface area contributed by atoms with Crippen molar-refractivity contribution in [2.45, 2.75) is 6.18 Å². The van der Waals surface area contributed by atoms with Gasteiger partial charge in [-0.1, -0.05) is 11.6 Å². The van der Waals surface area contributed by atoms with Crippen molar-refractivity contribution in [1.29, 1.82) is 0 Å². The normalized spacial score (nSPS) is 11.7. The van der Waals surface area contributed by atoms with E-state index in [1.54, 1.807) is 24.3 Å². The lowest BCUT2D eigenvalue weighted by molar-refractivity contribution is -0.0882. The molecule has 1 aromatic carbocycles. The van der Waals surface area contributed by atoms with Crippen molar-refractivity contribution in [3.05, 3.63) is 46.3 Å². The van der Waals surface area contributed by atoms with Crippen molar-refractivity contribution in [1.82, 2.24) is 10.2 Å². The number of thiophene rings is 1. The van der Waals surface area contributed by atoms with Crippen LogP contribution in [0.3, 0.4) is 0 Å². The third-order valence-electron chi connectivity index (χ3n) is 2.81. The lowest BCUT2D eigenvalue weighted by atomic mass is 10.2. The van der Waals surface area contributed by atoms with Crippen molar-refractivity contribution in [3.63, 3.8) is 0 Å². The molecule has 0 aliphatic rings. The number of rotatable bonds is 3. The van der Waals surface area contributed by atoms with Crippen LogP contribution >= 0.6 is 22.9 Å². The molecule has 0 atom stereocenters. The van der Waals surface area contributed by atoms with Gasteiger partial charge >= 0.3 is 6.18 Å². The molecule has 2 heterocycles. The van der Waals surface area contributed by atoms with E-state index in [4.69, 9.17) is 16.0 Å². The molecule has 0 bridgehead atoms. The third-order valence-corrected chi connectivity index (χ3v) is 4.14. The molecule has 0 saturated carbocycles. The Bertz CT molecular complexity index is 856. The average Bonchev–Trinajstić information content (AvgIpc) is 3.15. The van der Waals surface area contributed by atoms with Crippen LogP contribution in [0.1, 0.15) is 9.67 Å². The molecule has 0 radical (unpaired) electrons. The fraction of sp³-hybridized carbons (Fsp3) is 0.0714. The monoisotopic (exact) mass is 358 g/mol. The molecule has 4 nitrogen and oxygen atoms in total. The van der Waals surface area contributed by atoms with Crippen LogP contribution in [0.4, 0.5) is 13.2 Å². The molecule has 0 amide bonds. The van der Waals surface area contributed by atoms with Crippen LogP contribution in [0.2, 0.25) is 5.02 Å². The lowest BCUT2D eigenvalue weighted by Crippen LogP contribution is -2.21. The molecule has 0 spiro atoms. The van der Waals surface area contributed by atoms with Crippen molar-refractivity contribution in [2.75, 3.05) is 0 Å². The highest BCUT2D eigenvalue weighted by atomic mass is 35.5. The molecule has 0 N–H and O–H groups in total. The molecule has 0 fully saturated rings. The lowest BCUT2D eigenvalue weighted by Gasteiger charge is -2.00. The van der Waals surface area contributed by atoms with Crippen LogP contribution in [0.15, 0.2) is 40.8 Å². The zero-order valence-corrected chi connectivity index (χ0v) is 12.7. The third kappa shape index (κ3) is 3.27. The molecular formula is C14H6ClF3N2O2S. The number of hydrogen-bond donors (Lipinski definition) is 0. The Morgan fingerprint density at radius 2 is 1.70 bits per heavy atom. The van der Waals surface area contributed by atoms with Gasteiger partial charge in [0.05, 0.1) is 9.75 Å². The second-order valence-corrected chi connectivity index (χ2v) is 5.93. The van der Waals surface area contributed by atoms with Crippen LogP contribution in [-0.4, -0.2) is 22.2 Å². The largest absolute Gasteiger partial charge is 0.455 e. The van der Waals surface area contributed by atoms with Crippen molar-refractivity contribution in [2.24, 2.45) is 0 Å². The number of carbonyl (C=O) groups excluding carboxylic acids is 1. The molecule has 2 aromatic heterocycles. The van der Waals surface area contributed by atoms with E-state index < -0.39 is 16.8 Å². The van der Waals surface area contributed by atoms with E-state index in [1.807, 2.05) is 0 Å². The summed E-state index contributed by atoms with van der Waals surface area (Å²) in [6.45, 7) is 0. The van der Waals surface area contributed by atoms with E-state index in [0.717, 1.165) is 6.07 Å². The maximum absolute atomic E-state index is 12.4. The first-order valence-electron chi connectivity index (χ1n) is 6.16. The SMILES string of the molecule is O=C(c1ccc(-c2nnc(-c3ccc(Cl)cc3)o2)s1)C(F)(F)F.